The van der Waals surface area contributed by atoms with Crippen LogP contribution in [-0.4, -0.2) is 37.4 Å². The van der Waals surface area contributed by atoms with Crippen LogP contribution >= 0.6 is 0 Å². The van der Waals surface area contributed by atoms with E-state index in [-0.39, 0.29) is 0 Å². The summed E-state index contributed by atoms with van der Waals surface area (Å²) in [6, 6.07) is 7.10. The third-order valence-electron chi connectivity index (χ3n) is 2.45. The molecule has 0 aliphatic heterocycles. The predicted molar refractivity (Wildman–Crippen MR) is 66.5 cm³/mol. The van der Waals surface area contributed by atoms with Crippen LogP contribution in [0.2, 0.25) is 0 Å². The highest BCUT2D eigenvalue weighted by Crippen LogP contribution is 2.08. The lowest BCUT2D eigenvalue weighted by molar-refractivity contribution is 0.0695. The Labute approximate surface area is 102 Å². The second kappa shape index (κ2) is 7.81. The minimum Gasteiger partial charge on any atom is -0.478 e. The number of carboxylic acid groups (broad SMARTS) is 1. The van der Waals surface area contributed by atoms with Gasteiger partial charge < -0.3 is 15.2 Å². The van der Waals surface area contributed by atoms with Gasteiger partial charge in [-0.3, -0.25) is 0 Å². The summed E-state index contributed by atoms with van der Waals surface area (Å²) in [5.41, 5.74) is 1.25. The fourth-order valence-electron chi connectivity index (χ4n) is 1.58. The molecule has 4 heteroatoms. The van der Waals surface area contributed by atoms with Crippen molar-refractivity contribution in [2.75, 3.05) is 26.3 Å². The number of nitrogens with one attached hydrogen (secondary N) is 1. The smallest absolute Gasteiger partial charge is 0.335 e. The molecule has 0 aromatic heterocycles. The topological polar surface area (TPSA) is 58.6 Å². The van der Waals surface area contributed by atoms with Crippen LogP contribution in [0.1, 0.15) is 22.8 Å². The van der Waals surface area contributed by atoms with E-state index in [1.54, 1.807) is 12.1 Å². The van der Waals surface area contributed by atoms with Crippen LogP contribution in [-0.2, 0) is 11.2 Å². The van der Waals surface area contributed by atoms with E-state index < -0.39 is 5.97 Å². The zero-order valence-electron chi connectivity index (χ0n) is 10.1. The molecule has 1 aromatic carbocycles. The highest BCUT2D eigenvalue weighted by molar-refractivity contribution is 5.89. The molecule has 0 radical (unpaired) electrons. The van der Waals surface area contributed by atoms with Crippen molar-refractivity contribution in [3.05, 3.63) is 35.4 Å². The lowest BCUT2D eigenvalue weighted by Gasteiger charge is -2.07. The Morgan fingerprint density at radius 3 is 2.82 bits per heavy atom. The average molecular weight is 237 g/mol. The van der Waals surface area contributed by atoms with Crippen molar-refractivity contribution in [1.82, 2.24) is 5.32 Å². The summed E-state index contributed by atoms with van der Waals surface area (Å²) in [7, 11) is 0. The summed E-state index contributed by atoms with van der Waals surface area (Å²) in [4.78, 5) is 11.0. The Balaban J connectivity index is 2.34. The minimum atomic E-state index is -0.866. The fourth-order valence-corrected chi connectivity index (χ4v) is 1.58. The Morgan fingerprint density at radius 1 is 1.35 bits per heavy atom. The molecule has 0 aliphatic rings. The number of rotatable bonds is 8. The van der Waals surface area contributed by atoms with Gasteiger partial charge in [0, 0.05) is 13.2 Å². The maximum Gasteiger partial charge on any atom is 0.335 e. The van der Waals surface area contributed by atoms with Gasteiger partial charge in [0.25, 0.3) is 0 Å². The molecule has 0 saturated carbocycles. The van der Waals surface area contributed by atoms with E-state index in [4.69, 9.17) is 9.84 Å². The molecule has 94 valence electrons. The largest absolute Gasteiger partial charge is 0.478 e. The number of benzene rings is 1. The van der Waals surface area contributed by atoms with Crippen LogP contribution in [0, 0.1) is 0 Å². The summed E-state index contributed by atoms with van der Waals surface area (Å²) in [5, 5.41) is 12.2. The van der Waals surface area contributed by atoms with Crippen molar-refractivity contribution in [2.24, 2.45) is 0 Å². The molecule has 0 atom stereocenters. The predicted octanol–water partition coefficient (Wildman–Crippen LogP) is 1.55. The van der Waals surface area contributed by atoms with E-state index in [0.29, 0.717) is 18.6 Å². The lowest BCUT2D eigenvalue weighted by Crippen LogP contribution is -2.22. The first-order valence-electron chi connectivity index (χ1n) is 5.85. The summed E-state index contributed by atoms with van der Waals surface area (Å²) in [6.45, 7) is 4.93. The van der Waals surface area contributed by atoms with Crippen molar-refractivity contribution in [2.45, 2.75) is 13.3 Å². The Kier molecular flexibility index (Phi) is 6.29. The maximum atomic E-state index is 11.0. The number of hydrogen-bond acceptors (Lipinski definition) is 3. The van der Waals surface area contributed by atoms with Gasteiger partial charge in [0.15, 0.2) is 0 Å². The van der Waals surface area contributed by atoms with Gasteiger partial charge in [-0.05, 0) is 31.5 Å². The summed E-state index contributed by atoms with van der Waals surface area (Å²) in [5.74, 6) is -0.866. The van der Waals surface area contributed by atoms with Crippen LogP contribution < -0.4 is 5.32 Å². The summed E-state index contributed by atoms with van der Waals surface area (Å²) in [6.07, 6.45) is 0.717. The molecule has 0 spiro atoms. The third-order valence-corrected chi connectivity index (χ3v) is 2.45. The first-order chi connectivity index (χ1) is 8.25. The van der Waals surface area contributed by atoms with Crippen molar-refractivity contribution in [1.29, 1.82) is 0 Å². The molecule has 4 nitrogen and oxygen atoms in total. The SMILES string of the molecule is CCOCCNCCc1ccccc1C(=O)O. The Bertz CT molecular complexity index is 352. The number of hydrogen-bond donors (Lipinski definition) is 2. The van der Waals surface area contributed by atoms with Gasteiger partial charge in [-0.2, -0.15) is 0 Å². The van der Waals surface area contributed by atoms with Crippen LogP contribution in [0.4, 0.5) is 0 Å². The van der Waals surface area contributed by atoms with Gasteiger partial charge in [-0.1, -0.05) is 18.2 Å². The third kappa shape index (κ3) is 4.97. The summed E-state index contributed by atoms with van der Waals surface area (Å²) >= 11 is 0. The van der Waals surface area contributed by atoms with Crippen molar-refractivity contribution in [3.8, 4) is 0 Å². The van der Waals surface area contributed by atoms with Gasteiger partial charge in [0.05, 0.1) is 12.2 Å². The molecule has 1 rings (SSSR count). The van der Waals surface area contributed by atoms with Gasteiger partial charge in [-0.25, -0.2) is 4.79 Å². The number of ether oxygens (including phenoxy) is 1. The Hall–Kier alpha value is -1.39. The van der Waals surface area contributed by atoms with Gasteiger partial charge >= 0.3 is 5.97 Å². The van der Waals surface area contributed by atoms with E-state index >= 15 is 0 Å². The maximum absolute atomic E-state index is 11.0. The van der Waals surface area contributed by atoms with E-state index in [1.807, 2.05) is 19.1 Å². The molecule has 0 bridgehead atoms. The van der Waals surface area contributed by atoms with Crippen molar-refractivity contribution >= 4 is 5.97 Å². The van der Waals surface area contributed by atoms with Gasteiger partial charge in [0.1, 0.15) is 0 Å². The van der Waals surface area contributed by atoms with Crippen molar-refractivity contribution in [3.63, 3.8) is 0 Å². The minimum absolute atomic E-state index is 0.388. The second-order valence-electron chi connectivity index (χ2n) is 3.66. The van der Waals surface area contributed by atoms with Gasteiger partial charge in [0.2, 0.25) is 0 Å². The molecular weight excluding hydrogens is 218 g/mol. The van der Waals surface area contributed by atoms with Gasteiger partial charge in [-0.15, -0.1) is 0 Å². The van der Waals surface area contributed by atoms with Crippen LogP contribution in [0.25, 0.3) is 0 Å². The average Bonchev–Trinajstić information content (AvgIpc) is 2.34. The molecule has 0 amide bonds. The molecule has 0 saturated heterocycles. The Morgan fingerprint density at radius 2 is 2.12 bits per heavy atom. The molecule has 0 fully saturated rings. The zero-order valence-corrected chi connectivity index (χ0v) is 10.1. The number of carbonyl (C=O) groups is 1. The summed E-state index contributed by atoms with van der Waals surface area (Å²) < 4.78 is 5.19. The molecule has 0 unspecified atom stereocenters. The fraction of sp³-hybridized carbons (Fsp3) is 0.462. The van der Waals surface area contributed by atoms with E-state index in [9.17, 15) is 4.79 Å². The molecule has 17 heavy (non-hydrogen) atoms. The first kappa shape index (κ1) is 13.7. The molecule has 1 aromatic rings. The quantitative estimate of drug-likeness (QED) is 0.674. The lowest BCUT2D eigenvalue weighted by atomic mass is 10.0. The monoisotopic (exact) mass is 237 g/mol. The molecule has 0 aliphatic carbocycles. The van der Waals surface area contributed by atoms with E-state index in [2.05, 4.69) is 5.32 Å². The number of aromatic carboxylic acids is 1. The van der Waals surface area contributed by atoms with E-state index in [1.165, 1.54) is 0 Å². The van der Waals surface area contributed by atoms with Crippen LogP contribution in [0.5, 0.6) is 0 Å². The normalized spacial score (nSPS) is 10.4. The highest BCUT2D eigenvalue weighted by atomic mass is 16.5. The van der Waals surface area contributed by atoms with Crippen molar-refractivity contribution < 1.29 is 14.6 Å². The first-order valence-corrected chi connectivity index (χ1v) is 5.85. The zero-order chi connectivity index (χ0) is 12.5. The highest BCUT2D eigenvalue weighted by Gasteiger charge is 2.07. The molecular formula is C13H19NO3. The second-order valence-corrected chi connectivity index (χ2v) is 3.66. The standard InChI is InChI=1S/C13H19NO3/c1-2-17-10-9-14-8-7-11-5-3-4-6-12(11)13(15)16/h3-6,14H,2,7-10H2,1H3,(H,15,16). The number of carboxylic acids is 1. The van der Waals surface area contributed by atoms with Crippen LogP contribution in [0.3, 0.4) is 0 Å². The molecule has 0 heterocycles. The van der Waals surface area contributed by atoms with Crippen LogP contribution in [0.15, 0.2) is 24.3 Å². The van der Waals surface area contributed by atoms with E-state index in [0.717, 1.165) is 25.3 Å². The molecule has 2 N–H and O–H groups in total.